The molecule has 0 saturated carbocycles. The second-order valence-electron chi connectivity index (χ2n) is 5.86. The molecule has 0 bridgehead atoms. The highest BCUT2D eigenvalue weighted by Crippen LogP contribution is 2.11. The fourth-order valence-electron chi connectivity index (χ4n) is 2.52. The summed E-state index contributed by atoms with van der Waals surface area (Å²) in [7, 11) is 0. The highest BCUT2D eigenvalue weighted by molar-refractivity contribution is 9.10. The van der Waals surface area contributed by atoms with E-state index < -0.39 is 0 Å². The van der Waals surface area contributed by atoms with E-state index in [2.05, 4.69) is 64.3 Å². The first kappa shape index (κ1) is 18.7. The fraction of sp³-hybridized carbons (Fsp3) is 0.350. The molecule has 4 heteroatoms. The lowest BCUT2D eigenvalue weighted by Crippen LogP contribution is -2.24. The average molecular weight is 389 g/mol. The van der Waals surface area contributed by atoms with Crippen LogP contribution in [0.1, 0.15) is 30.5 Å². The van der Waals surface area contributed by atoms with Gasteiger partial charge < -0.3 is 5.32 Å². The maximum atomic E-state index is 12.0. The first-order chi connectivity index (χ1) is 11.6. The standard InChI is InChI=1S/C20H25BrN2O/c1-3-23(4-2)15-18-7-5-17(6-8-18)14-22-20(24)13-16-9-11-19(21)12-10-16/h5-12H,3-4,13-15H2,1-2H3,(H,22,24). The van der Waals surface area contributed by atoms with Gasteiger partial charge in [0, 0.05) is 17.6 Å². The van der Waals surface area contributed by atoms with Gasteiger partial charge in [-0.3, -0.25) is 9.69 Å². The molecule has 0 unspecified atom stereocenters. The van der Waals surface area contributed by atoms with Crippen molar-refractivity contribution in [1.82, 2.24) is 10.2 Å². The molecule has 0 atom stereocenters. The molecule has 0 spiro atoms. The van der Waals surface area contributed by atoms with Crippen molar-refractivity contribution in [2.75, 3.05) is 13.1 Å². The molecule has 0 aliphatic heterocycles. The van der Waals surface area contributed by atoms with E-state index in [1.165, 1.54) is 5.56 Å². The molecular formula is C20H25BrN2O. The zero-order valence-corrected chi connectivity index (χ0v) is 16.0. The minimum Gasteiger partial charge on any atom is -0.352 e. The Balaban J connectivity index is 1.81. The van der Waals surface area contributed by atoms with Gasteiger partial charge in [0.2, 0.25) is 5.91 Å². The van der Waals surface area contributed by atoms with Crippen LogP contribution in [0.2, 0.25) is 0 Å². The summed E-state index contributed by atoms with van der Waals surface area (Å²) in [6.07, 6.45) is 0.410. The van der Waals surface area contributed by atoms with Gasteiger partial charge >= 0.3 is 0 Å². The Morgan fingerprint density at radius 1 is 0.917 bits per heavy atom. The largest absolute Gasteiger partial charge is 0.352 e. The topological polar surface area (TPSA) is 32.3 Å². The summed E-state index contributed by atoms with van der Waals surface area (Å²) in [4.78, 5) is 14.4. The number of nitrogens with zero attached hydrogens (tertiary/aromatic N) is 1. The van der Waals surface area contributed by atoms with Crippen molar-refractivity contribution in [1.29, 1.82) is 0 Å². The molecule has 2 aromatic carbocycles. The van der Waals surface area contributed by atoms with Gasteiger partial charge in [0.1, 0.15) is 0 Å². The number of nitrogens with one attached hydrogen (secondary N) is 1. The predicted molar refractivity (Wildman–Crippen MR) is 103 cm³/mol. The van der Waals surface area contributed by atoms with E-state index in [1.54, 1.807) is 0 Å². The number of benzene rings is 2. The summed E-state index contributed by atoms with van der Waals surface area (Å²) in [5.74, 6) is 0.0459. The Kier molecular flexibility index (Phi) is 7.47. The van der Waals surface area contributed by atoms with Crippen LogP contribution in [0.15, 0.2) is 53.0 Å². The summed E-state index contributed by atoms with van der Waals surface area (Å²) < 4.78 is 1.02. The van der Waals surface area contributed by atoms with Gasteiger partial charge in [-0.25, -0.2) is 0 Å². The van der Waals surface area contributed by atoms with Crippen LogP contribution >= 0.6 is 15.9 Å². The van der Waals surface area contributed by atoms with Gasteiger partial charge in [0.05, 0.1) is 6.42 Å². The van der Waals surface area contributed by atoms with Crippen LogP contribution in [0.4, 0.5) is 0 Å². The van der Waals surface area contributed by atoms with Gasteiger partial charge in [0.15, 0.2) is 0 Å². The van der Waals surface area contributed by atoms with Crippen molar-refractivity contribution < 1.29 is 4.79 Å². The normalized spacial score (nSPS) is 10.8. The number of rotatable bonds is 8. The van der Waals surface area contributed by atoms with Crippen molar-refractivity contribution in [3.05, 3.63) is 69.7 Å². The Morgan fingerprint density at radius 3 is 2.04 bits per heavy atom. The summed E-state index contributed by atoms with van der Waals surface area (Å²) in [6.45, 7) is 8.02. The second kappa shape index (κ2) is 9.60. The van der Waals surface area contributed by atoms with Crippen LogP contribution in [0.3, 0.4) is 0 Å². The molecule has 2 rings (SSSR count). The number of hydrogen-bond acceptors (Lipinski definition) is 2. The van der Waals surface area contributed by atoms with Crippen molar-refractivity contribution in [2.24, 2.45) is 0 Å². The molecule has 0 aliphatic carbocycles. The predicted octanol–water partition coefficient (Wildman–Crippen LogP) is 4.15. The molecule has 0 fully saturated rings. The highest BCUT2D eigenvalue weighted by atomic mass is 79.9. The third kappa shape index (κ3) is 6.10. The Bertz CT molecular complexity index is 634. The summed E-state index contributed by atoms with van der Waals surface area (Å²) >= 11 is 3.40. The Morgan fingerprint density at radius 2 is 1.46 bits per heavy atom. The summed E-state index contributed by atoms with van der Waals surface area (Å²) in [5.41, 5.74) is 3.45. The molecule has 0 radical (unpaired) electrons. The summed E-state index contributed by atoms with van der Waals surface area (Å²) in [6, 6.07) is 16.3. The first-order valence-electron chi connectivity index (χ1n) is 8.42. The van der Waals surface area contributed by atoms with Crippen molar-refractivity contribution in [2.45, 2.75) is 33.4 Å². The fourth-order valence-corrected chi connectivity index (χ4v) is 2.78. The SMILES string of the molecule is CCN(CC)Cc1ccc(CNC(=O)Cc2ccc(Br)cc2)cc1. The van der Waals surface area contributed by atoms with Gasteiger partial charge in [0.25, 0.3) is 0 Å². The number of halogens is 1. The number of carbonyl (C=O) groups excluding carboxylic acids is 1. The van der Waals surface area contributed by atoms with Crippen molar-refractivity contribution in [3.8, 4) is 0 Å². The van der Waals surface area contributed by atoms with Crippen LogP contribution in [0.25, 0.3) is 0 Å². The minimum absolute atomic E-state index is 0.0459. The lowest BCUT2D eigenvalue weighted by Gasteiger charge is -2.18. The van der Waals surface area contributed by atoms with Gasteiger partial charge in [-0.2, -0.15) is 0 Å². The Labute approximate surface area is 153 Å². The average Bonchev–Trinajstić information content (AvgIpc) is 2.61. The third-order valence-corrected chi connectivity index (χ3v) is 4.62. The van der Waals surface area contributed by atoms with Crippen molar-refractivity contribution in [3.63, 3.8) is 0 Å². The molecule has 0 aliphatic rings. The smallest absolute Gasteiger partial charge is 0.224 e. The quantitative estimate of drug-likeness (QED) is 0.736. The van der Waals surface area contributed by atoms with E-state index in [0.717, 1.165) is 35.2 Å². The Hall–Kier alpha value is -1.65. The highest BCUT2D eigenvalue weighted by Gasteiger charge is 2.04. The van der Waals surface area contributed by atoms with Gasteiger partial charge in [-0.1, -0.05) is 66.2 Å². The molecule has 128 valence electrons. The zero-order chi connectivity index (χ0) is 17.4. The van der Waals surface area contributed by atoms with E-state index in [-0.39, 0.29) is 5.91 Å². The van der Waals surface area contributed by atoms with Gasteiger partial charge in [-0.05, 0) is 41.9 Å². The molecule has 0 saturated heterocycles. The first-order valence-corrected chi connectivity index (χ1v) is 9.21. The molecule has 24 heavy (non-hydrogen) atoms. The molecule has 2 aromatic rings. The van der Waals surface area contributed by atoms with Crippen molar-refractivity contribution >= 4 is 21.8 Å². The second-order valence-corrected chi connectivity index (χ2v) is 6.77. The molecule has 3 nitrogen and oxygen atoms in total. The summed E-state index contributed by atoms with van der Waals surface area (Å²) in [5, 5.41) is 2.98. The van der Waals surface area contributed by atoms with Gasteiger partial charge in [-0.15, -0.1) is 0 Å². The van der Waals surface area contributed by atoms with Crippen LogP contribution in [-0.4, -0.2) is 23.9 Å². The number of carbonyl (C=O) groups is 1. The maximum Gasteiger partial charge on any atom is 0.224 e. The lowest BCUT2D eigenvalue weighted by atomic mass is 10.1. The van der Waals surface area contributed by atoms with Crippen LogP contribution in [-0.2, 0) is 24.3 Å². The maximum absolute atomic E-state index is 12.0. The molecule has 1 N–H and O–H groups in total. The molecular weight excluding hydrogens is 364 g/mol. The number of amides is 1. The van der Waals surface area contributed by atoms with Crippen LogP contribution < -0.4 is 5.32 Å². The minimum atomic E-state index is 0.0459. The van der Waals surface area contributed by atoms with E-state index in [1.807, 2.05) is 24.3 Å². The monoisotopic (exact) mass is 388 g/mol. The zero-order valence-electron chi connectivity index (χ0n) is 14.4. The molecule has 0 heterocycles. The lowest BCUT2D eigenvalue weighted by molar-refractivity contribution is -0.120. The number of hydrogen-bond donors (Lipinski definition) is 1. The van der Waals surface area contributed by atoms with E-state index in [4.69, 9.17) is 0 Å². The third-order valence-electron chi connectivity index (χ3n) is 4.09. The molecule has 1 amide bonds. The van der Waals surface area contributed by atoms with E-state index in [0.29, 0.717) is 13.0 Å². The van der Waals surface area contributed by atoms with Crippen LogP contribution in [0, 0.1) is 0 Å². The van der Waals surface area contributed by atoms with E-state index in [9.17, 15) is 4.79 Å². The van der Waals surface area contributed by atoms with E-state index >= 15 is 0 Å². The van der Waals surface area contributed by atoms with Crippen LogP contribution in [0.5, 0.6) is 0 Å². The molecule has 0 aromatic heterocycles.